The smallest absolute Gasteiger partial charge is 0.323 e. The van der Waals surface area contributed by atoms with Gasteiger partial charge in [0.2, 0.25) is 18.3 Å². The van der Waals surface area contributed by atoms with Gasteiger partial charge in [-0.1, -0.05) is 5.16 Å². The Morgan fingerprint density at radius 2 is 2.17 bits per heavy atom. The largest absolute Gasteiger partial charge is 0.464 e. The van der Waals surface area contributed by atoms with Crippen LogP contribution in [0.25, 0.3) is 0 Å². The number of nitrogens with one attached hydrogen (secondary N) is 2. The van der Waals surface area contributed by atoms with Gasteiger partial charge in [0.1, 0.15) is 0 Å². The molecule has 96 valence electrons. The number of nitrogens with two attached hydrogens (primary N) is 1. The first-order valence-electron chi connectivity index (χ1n) is 5.16. The summed E-state index contributed by atoms with van der Waals surface area (Å²) in [6, 6.07) is 0.177. The third kappa shape index (κ3) is 3.01. The predicted octanol–water partition coefficient (Wildman–Crippen LogP) is -0.449. The Morgan fingerprint density at radius 3 is 2.83 bits per heavy atom. The molecule has 10 heteroatoms. The Bertz CT molecular complexity index is 488. The molecule has 10 nitrogen and oxygen atoms in total. The van der Waals surface area contributed by atoms with Crippen molar-refractivity contribution in [3.63, 3.8) is 0 Å². The monoisotopic (exact) mass is 252 g/mol. The van der Waals surface area contributed by atoms with Gasteiger partial charge >= 0.3 is 6.01 Å². The zero-order valence-corrected chi connectivity index (χ0v) is 9.62. The van der Waals surface area contributed by atoms with Crippen molar-refractivity contribution in [2.24, 2.45) is 5.84 Å². The van der Waals surface area contributed by atoms with E-state index in [9.17, 15) is 0 Å². The molecule has 0 radical (unpaired) electrons. The summed E-state index contributed by atoms with van der Waals surface area (Å²) in [5, 5.41) is 6.54. The van der Waals surface area contributed by atoms with Gasteiger partial charge in [-0.15, -0.1) is 0 Å². The SMILES string of the molecule is CCOc1nc(NN)nc(NCc2ncon2)n1. The van der Waals surface area contributed by atoms with Crippen molar-refractivity contribution in [1.29, 1.82) is 0 Å². The molecule has 0 amide bonds. The third-order valence-corrected chi connectivity index (χ3v) is 1.83. The Balaban J connectivity index is 2.08. The first kappa shape index (κ1) is 12.0. The van der Waals surface area contributed by atoms with E-state index in [1.54, 1.807) is 0 Å². The highest BCUT2D eigenvalue weighted by Gasteiger charge is 2.07. The van der Waals surface area contributed by atoms with Crippen LogP contribution in [0.1, 0.15) is 12.7 Å². The van der Waals surface area contributed by atoms with Gasteiger partial charge in [0.25, 0.3) is 0 Å². The second-order valence-corrected chi connectivity index (χ2v) is 3.04. The number of hydrogen-bond donors (Lipinski definition) is 3. The van der Waals surface area contributed by atoms with E-state index in [1.807, 2.05) is 6.92 Å². The highest BCUT2D eigenvalue weighted by atomic mass is 16.5. The van der Waals surface area contributed by atoms with Gasteiger partial charge in [0, 0.05) is 0 Å². The van der Waals surface area contributed by atoms with Gasteiger partial charge in [-0.2, -0.15) is 19.9 Å². The highest BCUT2D eigenvalue weighted by Crippen LogP contribution is 2.10. The number of nitrogens with zero attached hydrogens (tertiary/aromatic N) is 5. The number of hydrogen-bond acceptors (Lipinski definition) is 10. The summed E-state index contributed by atoms with van der Waals surface area (Å²) in [5.41, 5.74) is 2.33. The van der Waals surface area contributed by atoms with Crippen molar-refractivity contribution in [1.82, 2.24) is 25.1 Å². The van der Waals surface area contributed by atoms with Crippen LogP contribution in [0, 0.1) is 0 Å². The molecular formula is C8H12N8O2. The molecule has 0 unspecified atom stereocenters. The summed E-state index contributed by atoms with van der Waals surface area (Å²) >= 11 is 0. The lowest BCUT2D eigenvalue weighted by Crippen LogP contribution is -2.14. The first-order chi connectivity index (χ1) is 8.81. The Kier molecular flexibility index (Phi) is 3.81. The first-order valence-corrected chi connectivity index (χ1v) is 5.16. The maximum atomic E-state index is 5.25. The van der Waals surface area contributed by atoms with Gasteiger partial charge in [0.05, 0.1) is 13.2 Å². The van der Waals surface area contributed by atoms with Crippen molar-refractivity contribution < 1.29 is 9.26 Å². The van der Waals surface area contributed by atoms with Gasteiger partial charge in [0.15, 0.2) is 5.82 Å². The van der Waals surface area contributed by atoms with E-state index in [4.69, 9.17) is 10.6 Å². The molecule has 0 aliphatic heterocycles. The van der Waals surface area contributed by atoms with Crippen LogP contribution < -0.4 is 21.3 Å². The summed E-state index contributed by atoms with van der Waals surface area (Å²) < 4.78 is 9.78. The number of rotatable bonds is 6. The van der Waals surface area contributed by atoms with Crippen LogP contribution in [0.15, 0.2) is 10.9 Å². The van der Waals surface area contributed by atoms with E-state index in [0.717, 1.165) is 0 Å². The maximum absolute atomic E-state index is 5.25. The number of nitrogen functional groups attached to an aromatic ring is 1. The summed E-state index contributed by atoms with van der Waals surface area (Å²) in [7, 11) is 0. The zero-order chi connectivity index (χ0) is 12.8. The molecule has 2 heterocycles. The molecule has 0 saturated heterocycles. The zero-order valence-electron chi connectivity index (χ0n) is 9.62. The molecule has 0 aliphatic rings. The standard InChI is InChI=1S/C8H12N8O2/c1-2-17-8-13-6(12-7(14-8)15-9)10-3-5-11-4-18-16-5/h4H,2-3,9H2,1H3,(H2,10,12,13,14,15). The van der Waals surface area contributed by atoms with Crippen molar-refractivity contribution >= 4 is 11.9 Å². The molecule has 4 N–H and O–H groups in total. The minimum Gasteiger partial charge on any atom is -0.464 e. The molecular weight excluding hydrogens is 240 g/mol. The van der Waals surface area contributed by atoms with Gasteiger partial charge < -0.3 is 14.6 Å². The fraction of sp³-hybridized carbons (Fsp3) is 0.375. The van der Waals surface area contributed by atoms with Crippen molar-refractivity contribution in [3.05, 3.63) is 12.2 Å². The molecule has 2 aromatic heterocycles. The van der Waals surface area contributed by atoms with Crippen LogP contribution >= 0.6 is 0 Å². The van der Waals surface area contributed by atoms with Crippen LogP contribution in [-0.2, 0) is 6.54 Å². The van der Waals surface area contributed by atoms with Crippen LogP contribution in [0.4, 0.5) is 11.9 Å². The molecule has 0 saturated carbocycles. The van der Waals surface area contributed by atoms with Crippen molar-refractivity contribution in [2.75, 3.05) is 17.3 Å². The second kappa shape index (κ2) is 5.72. The normalized spacial score (nSPS) is 10.1. The number of hydrazine groups is 1. The molecule has 0 fully saturated rings. The lowest BCUT2D eigenvalue weighted by Gasteiger charge is -2.06. The molecule has 2 aromatic rings. The summed E-state index contributed by atoms with van der Waals surface area (Å²) in [6.07, 6.45) is 1.24. The number of aromatic nitrogens is 5. The molecule has 0 atom stereocenters. The predicted molar refractivity (Wildman–Crippen MR) is 60.4 cm³/mol. The van der Waals surface area contributed by atoms with Gasteiger partial charge in [-0.25, -0.2) is 5.84 Å². The minimum absolute atomic E-state index is 0.177. The highest BCUT2D eigenvalue weighted by molar-refractivity contribution is 5.34. The lowest BCUT2D eigenvalue weighted by atomic mass is 10.6. The quantitative estimate of drug-likeness (QED) is 0.457. The fourth-order valence-corrected chi connectivity index (χ4v) is 1.12. The van der Waals surface area contributed by atoms with Gasteiger partial charge in [-0.3, -0.25) is 5.43 Å². The summed E-state index contributed by atoms with van der Waals surface area (Å²) in [4.78, 5) is 15.8. The number of anilines is 2. The Morgan fingerprint density at radius 1 is 1.33 bits per heavy atom. The van der Waals surface area contributed by atoms with Crippen molar-refractivity contribution in [3.8, 4) is 6.01 Å². The van der Waals surface area contributed by atoms with E-state index in [1.165, 1.54) is 6.39 Å². The van der Waals surface area contributed by atoms with Crippen LogP contribution in [0.2, 0.25) is 0 Å². The van der Waals surface area contributed by atoms with Crippen LogP contribution in [0.3, 0.4) is 0 Å². The average molecular weight is 252 g/mol. The molecule has 0 bridgehead atoms. The van der Waals surface area contributed by atoms with Crippen LogP contribution in [0.5, 0.6) is 6.01 Å². The Hall–Kier alpha value is -2.49. The van der Waals surface area contributed by atoms with Gasteiger partial charge in [-0.05, 0) is 6.92 Å². The van der Waals surface area contributed by atoms with E-state index in [-0.39, 0.29) is 12.0 Å². The third-order valence-electron chi connectivity index (χ3n) is 1.83. The lowest BCUT2D eigenvalue weighted by molar-refractivity contribution is 0.312. The average Bonchev–Trinajstić information content (AvgIpc) is 2.89. The minimum atomic E-state index is 0.177. The summed E-state index contributed by atoms with van der Waals surface area (Å²) in [5.74, 6) is 6.23. The van der Waals surface area contributed by atoms with E-state index >= 15 is 0 Å². The molecule has 0 aliphatic carbocycles. The molecule has 0 spiro atoms. The molecule has 2 rings (SSSR count). The topological polar surface area (TPSA) is 137 Å². The Labute approximate surface area is 102 Å². The van der Waals surface area contributed by atoms with E-state index in [0.29, 0.717) is 24.9 Å². The fourth-order valence-electron chi connectivity index (χ4n) is 1.12. The van der Waals surface area contributed by atoms with Crippen LogP contribution in [-0.4, -0.2) is 31.7 Å². The van der Waals surface area contributed by atoms with E-state index < -0.39 is 0 Å². The van der Waals surface area contributed by atoms with Crippen molar-refractivity contribution in [2.45, 2.75) is 13.5 Å². The second-order valence-electron chi connectivity index (χ2n) is 3.04. The van der Waals surface area contributed by atoms with E-state index in [2.05, 4.69) is 40.4 Å². The summed E-state index contributed by atoms with van der Waals surface area (Å²) in [6.45, 7) is 2.58. The molecule has 0 aromatic carbocycles. The number of ether oxygens (including phenoxy) is 1. The molecule has 18 heavy (non-hydrogen) atoms. The maximum Gasteiger partial charge on any atom is 0.323 e.